The van der Waals surface area contributed by atoms with Crippen molar-refractivity contribution < 1.29 is 24.5 Å². The number of hydrogen-bond acceptors (Lipinski definition) is 5. The zero-order valence-electron chi connectivity index (χ0n) is 35.7. The molecule has 3 unspecified atom stereocenters. The van der Waals surface area contributed by atoms with Gasteiger partial charge in [0.25, 0.3) is 0 Å². The molecule has 0 aromatic carbocycles. The fourth-order valence-corrected chi connectivity index (χ4v) is 7.25. The van der Waals surface area contributed by atoms with Crippen molar-refractivity contribution in [1.29, 1.82) is 0 Å². The van der Waals surface area contributed by atoms with E-state index in [9.17, 15) is 19.8 Å². The molecule has 0 rings (SSSR count). The number of rotatable bonds is 42. The molecule has 0 aliphatic heterocycles. The quantitative estimate of drug-likeness (QED) is 0.0328. The summed E-state index contributed by atoms with van der Waals surface area (Å²) < 4.78 is 5.90. The van der Waals surface area contributed by atoms with Gasteiger partial charge in [0, 0.05) is 6.42 Å². The molecule has 0 fully saturated rings. The lowest BCUT2D eigenvalue weighted by Gasteiger charge is -2.24. The first kappa shape index (κ1) is 51.6. The van der Waals surface area contributed by atoms with E-state index in [0.29, 0.717) is 19.3 Å². The van der Waals surface area contributed by atoms with Gasteiger partial charge in [-0.1, -0.05) is 200 Å². The van der Waals surface area contributed by atoms with Gasteiger partial charge in [-0.05, 0) is 51.4 Å². The van der Waals surface area contributed by atoms with E-state index in [2.05, 4.69) is 38.2 Å². The number of ether oxygens (including phenoxy) is 1. The minimum atomic E-state index is -0.780. The van der Waals surface area contributed by atoms with Gasteiger partial charge in [0.05, 0.1) is 25.2 Å². The Balaban J connectivity index is 4.58. The number of amides is 1. The molecule has 0 heterocycles. The Morgan fingerprint density at radius 2 is 0.906 bits per heavy atom. The second-order valence-corrected chi connectivity index (χ2v) is 16.2. The summed E-state index contributed by atoms with van der Waals surface area (Å²) in [7, 11) is 0. The Morgan fingerprint density at radius 1 is 0.528 bits per heavy atom. The SMILES string of the molecule is CCCCC/C=C\CCCCCCCC(=O)OC(CCCCCCCCCCCCCCC)CC(=O)NC(CO)C(O)CCCCCCCCCCC. The van der Waals surface area contributed by atoms with Crippen molar-refractivity contribution in [3.63, 3.8) is 0 Å². The normalized spacial score (nSPS) is 13.4. The van der Waals surface area contributed by atoms with E-state index in [4.69, 9.17) is 4.74 Å². The standard InChI is InChI=1S/C47H91NO5/c1-4-7-10-13-16-19-21-23-24-27-29-32-35-38-43(53-47(52)40-37-34-31-28-25-22-20-17-14-11-8-5-2)41-46(51)48-44(42-49)45(50)39-36-33-30-26-18-15-12-9-6-3/h17,20,43-45,49-50H,4-16,18-19,21-42H2,1-3H3,(H,48,51)/b20-17-. The average Bonchev–Trinajstić information content (AvgIpc) is 3.15. The highest BCUT2D eigenvalue weighted by Crippen LogP contribution is 2.18. The van der Waals surface area contributed by atoms with E-state index >= 15 is 0 Å². The number of hydrogen-bond donors (Lipinski definition) is 3. The molecule has 0 aliphatic rings. The lowest BCUT2D eigenvalue weighted by atomic mass is 10.0. The topological polar surface area (TPSA) is 95.9 Å². The van der Waals surface area contributed by atoms with Gasteiger partial charge in [0.2, 0.25) is 5.91 Å². The maximum Gasteiger partial charge on any atom is 0.306 e. The van der Waals surface area contributed by atoms with Gasteiger partial charge in [-0.2, -0.15) is 0 Å². The van der Waals surface area contributed by atoms with Crippen LogP contribution in [0.5, 0.6) is 0 Å². The predicted molar refractivity (Wildman–Crippen MR) is 227 cm³/mol. The highest BCUT2D eigenvalue weighted by Gasteiger charge is 2.24. The molecule has 0 bridgehead atoms. The Kier molecular flexibility index (Phi) is 40.7. The summed E-state index contributed by atoms with van der Waals surface area (Å²) in [5.41, 5.74) is 0. The molecule has 0 saturated heterocycles. The number of aliphatic hydroxyl groups is 2. The number of carbonyl (C=O) groups excluding carboxylic acids is 2. The highest BCUT2D eigenvalue weighted by atomic mass is 16.5. The van der Waals surface area contributed by atoms with Crippen molar-refractivity contribution >= 4 is 11.9 Å². The van der Waals surface area contributed by atoms with E-state index < -0.39 is 18.2 Å². The largest absolute Gasteiger partial charge is 0.462 e. The molecule has 6 heteroatoms. The zero-order chi connectivity index (χ0) is 38.9. The van der Waals surface area contributed by atoms with Crippen LogP contribution in [0.2, 0.25) is 0 Å². The summed E-state index contributed by atoms with van der Waals surface area (Å²) in [6.45, 7) is 6.44. The number of unbranched alkanes of at least 4 members (excludes halogenated alkanes) is 28. The first-order valence-corrected chi connectivity index (χ1v) is 23.4. The van der Waals surface area contributed by atoms with E-state index in [1.807, 2.05) is 0 Å². The van der Waals surface area contributed by atoms with Gasteiger partial charge in [0.1, 0.15) is 6.10 Å². The second-order valence-electron chi connectivity index (χ2n) is 16.2. The van der Waals surface area contributed by atoms with Crippen LogP contribution in [0.25, 0.3) is 0 Å². The molecule has 0 aromatic heterocycles. The van der Waals surface area contributed by atoms with Crippen LogP contribution in [0.1, 0.15) is 252 Å². The molecule has 0 aromatic rings. The van der Waals surface area contributed by atoms with Crippen LogP contribution < -0.4 is 5.32 Å². The van der Waals surface area contributed by atoms with Crippen LogP contribution in [0, 0.1) is 0 Å². The van der Waals surface area contributed by atoms with Crippen molar-refractivity contribution in [2.75, 3.05) is 6.61 Å². The van der Waals surface area contributed by atoms with E-state index in [-0.39, 0.29) is 24.9 Å². The number of carbonyl (C=O) groups is 2. The van der Waals surface area contributed by atoms with Crippen LogP contribution in [0.15, 0.2) is 12.2 Å². The summed E-state index contributed by atoms with van der Waals surface area (Å²) in [5.74, 6) is -0.473. The Labute approximate surface area is 329 Å². The first-order valence-electron chi connectivity index (χ1n) is 23.4. The average molecular weight is 750 g/mol. The summed E-state index contributed by atoms with van der Waals surface area (Å²) in [6, 6.07) is -0.694. The second kappa shape index (κ2) is 41.8. The fraction of sp³-hybridized carbons (Fsp3) is 0.915. The summed E-state index contributed by atoms with van der Waals surface area (Å²) in [5, 5.41) is 23.6. The molecule has 6 nitrogen and oxygen atoms in total. The fourth-order valence-electron chi connectivity index (χ4n) is 7.25. The van der Waals surface area contributed by atoms with Crippen LogP contribution >= 0.6 is 0 Å². The zero-order valence-corrected chi connectivity index (χ0v) is 35.7. The maximum atomic E-state index is 13.1. The molecule has 0 radical (unpaired) electrons. The van der Waals surface area contributed by atoms with Gasteiger partial charge in [-0.25, -0.2) is 0 Å². The number of esters is 1. The number of allylic oxidation sites excluding steroid dienone is 2. The molecule has 0 aliphatic carbocycles. The van der Waals surface area contributed by atoms with Crippen LogP contribution in [-0.4, -0.2) is 46.9 Å². The van der Waals surface area contributed by atoms with E-state index in [0.717, 1.165) is 57.8 Å². The lowest BCUT2D eigenvalue weighted by molar-refractivity contribution is -0.151. The summed E-state index contributed by atoms with van der Waals surface area (Å²) in [6.07, 6.45) is 44.1. The molecule has 0 saturated carbocycles. The molecule has 0 spiro atoms. The Hall–Kier alpha value is -1.40. The monoisotopic (exact) mass is 750 g/mol. The molecule has 3 N–H and O–H groups in total. The van der Waals surface area contributed by atoms with Crippen molar-refractivity contribution in [2.45, 2.75) is 270 Å². The molecule has 1 amide bonds. The van der Waals surface area contributed by atoms with Gasteiger partial charge in [0.15, 0.2) is 0 Å². The molecule has 3 atom stereocenters. The minimum absolute atomic E-state index is 0.0806. The number of nitrogens with one attached hydrogen (secondary N) is 1. The van der Waals surface area contributed by atoms with Crippen molar-refractivity contribution in [3.8, 4) is 0 Å². The number of aliphatic hydroxyl groups excluding tert-OH is 2. The van der Waals surface area contributed by atoms with E-state index in [1.54, 1.807) is 0 Å². The third-order valence-electron chi connectivity index (χ3n) is 10.8. The molecular weight excluding hydrogens is 659 g/mol. The van der Waals surface area contributed by atoms with Gasteiger partial charge < -0.3 is 20.3 Å². The van der Waals surface area contributed by atoms with Gasteiger partial charge in [-0.3, -0.25) is 9.59 Å². The van der Waals surface area contributed by atoms with Crippen LogP contribution in [0.3, 0.4) is 0 Å². The third kappa shape index (κ3) is 37.3. The highest BCUT2D eigenvalue weighted by molar-refractivity contribution is 5.77. The van der Waals surface area contributed by atoms with Gasteiger partial charge >= 0.3 is 5.97 Å². The molecule has 53 heavy (non-hydrogen) atoms. The van der Waals surface area contributed by atoms with Crippen molar-refractivity contribution in [1.82, 2.24) is 5.32 Å². The lowest BCUT2D eigenvalue weighted by Crippen LogP contribution is -2.46. The smallest absolute Gasteiger partial charge is 0.306 e. The maximum absolute atomic E-state index is 13.1. The van der Waals surface area contributed by atoms with E-state index in [1.165, 1.54) is 148 Å². The minimum Gasteiger partial charge on any atom is -0.462 e. The molecule has 314 valence electrons. The van der Waals surface area contributed by atoms with Crippen LogP contribution in [-0.2, 0) is 14.3 Å². The Bertz CT molecular complexity index is 802. The first-order chi connectivity index (χ1) is 26.0. The predicted octanol–water partition coefficient (Wildman–Crippen LogP) is 13.4. The molecular formula is C47H91NO5. The summed E-state index contributed by atoms with van der Waals surface area (Å²) in [4.78, 5) is 26.0. The van der Waals surface area contributed by atoms with Crippen molar-refractivity contribution in [3.05, 3.63) is 12.2 Å². The third-order valence-corrected chi connectivity index (χ3v) is 10.8. The van der Waals surface area contributed by atoms with Crippen molar-refractivity contribution in [2.24, 2.45) is 0 Å². The van der Waals surface area contributed by atoms with Gasteiger partial charge in [-0.15, -0.1) is 0 Å². The summed E-state index contributed by atoms with van der Waals surface area (Å²) >= 11 is 0. The Morgan fingerprint density at radius 3 is 1.38 bits per heavy atom. The van der Waals surface area contributed by atoms with Crippen LogP contribution in [0.4, 0.5) is 0 Å².